The maximum Gasteiger partial charge on any atom is 0.215 e. The molecule has 1 fully saturated rings. The first-order valence-corrected chi connectivity index (χ1v) is 8.52. The summed E-state index contributed by atoms with van der Waals surface area (Å²) >= 11 is 0. The van der Waals surface area contributed by atoms with Gasteiger partial charge in [-0.3, -0.25) is 0 Å². The molecule has 1 aliphatic heterocycles. The monoisotopic (exact) mass is 298 g/mol. The molecule has 1 heterocycles. The molecule has 112 valence electrons. The van der Waals surface area contributed by atoms with Crippen LogP contribution in [0.2, 0.25) is 0 Å². The van der Waals surface area contributed by atoms with Gasteiger partial charge in [0.15, 0.2) is 0 Å². The Morgan fingerprint density at radius 2 is 1.95 bits per heavy atom. The van der Waals surface area contributed by atoms with E-state index < -0.39 is 10.0 Å². The van der Waals surface area contributed by atoms with E-state index in [1.54, 1.807) is 0 Å². The summed E-state index contributed by atoms with van der Waals surface area (Å²) in [5.74, 6) is 0.336. The lowest BCUT2D eigenvalue weighted by Crippen LogP contribution is -2.30. The van der Waals surface area contributed by atoms with Gasteiger partial charge < -0.3 is 10.1 Å². The molecule has 0 bridgehead atoms. The van der Waals surface area contributed by atoms with Gasteiger partial charge in [-0.05, 0) is 30.5 Å². The lowest BCUT2D eigenvalue weighted by atomic mass is 10.1. The maximum absolute atomic E-state index is 12.0. The quantitative estimate of drug-likeness (QED) is 0.783. The van der Waals surface area contributed by atoms with Crippen LogP contribution in [0.1, 0.15) is 17.5 Å². The Morgan fingerprint density at radius 3 is 2.55 bits per heavy atom. The summed E-state index contributed by atoms with van der Waals surface area (Å²) < 4.78 is 31.9. The van der Waals surface area contributed by atoms with Gasteiger partial charge in [0.25, 0.3) is 0 Å². The van der Waals surface area contributed by atoms with Crippen molar-refractivity contribution in [1.29, 1.82) is 0 Å². The zero-order valence-corrected chi connectivity index (χ0v) is 12.6. The second-order valence-corrected chi connectivity index (χ2v) is 6.99. The molecule has 1 unspecified atom stereocenters. The summed E-state index contributed by atoms with van der Waals surface area (Å²) in [6, 6.07) is 7.63. The predicted molar refractivity (Wildman–Crippen MR) is 78.8 cm³/mol. The minimum atomic E-state index is -3.27. The van der Waals surface area contributed by atoms with E-state index in [-0.39, 0.29) is 5.75 Å². The summed E-state index contributed by atoms with van der Waals surface area (Å²) in [5.41, 5.74) is 1.95. The number of benzene rings is 1. The third-order valence-corrected chi connectivity index (χ3v) is 4.70. The molecule has 0 aromatic heterocycles. The molecule has 1 atom stereocenters. The molecule has 0 saturated carbocycles. The fraction of sp³-hybridized carbons (Fsp3) is 0.571. The van der Waals surface area contributed by atoms with E-state index in [9.17, 15) is 8.42 Å². The van der Waals surface area contributed by atoms with Gasteiger partial charge in [-0.2, -0.15) is 0 Å². The van der Waals surface area contributed by atoms with E-state index in [0.717, 1.165) is 30.7 Å². The van der Waals surface area contributed by atoms with Crippen LogP contribution in [0.3, 0.4) is 0 Å². The van der Waals surface area contributed by atoms with Crippen molar-refractivity contribution in [3.63, 3.8) is 0 Å². The number of hydrogen-bond acceptors (Lipinski definition) is 4. The Kier molecular flexibility index (Phi) is 5.54. The van der Waals surface area contributed by atoms with E-state index in [1.165, 1.54) is 0 Å². The lowest BCUT2D eigenvalue weighted by molar-refractivity contribution is 0.186. The smallest absolute Gasteiger partial charge is 0.215 e. The van der Waals surface area contributed by atoms with Gasteiger partial charge in [0.05, 0.1) is 12.4 Å². The minimum Gasteiger partial charge on any atom is -0.381 e. The van der Waals surface area contributed by atoms with Gasteiger partial charge in [-0.1, -0.05) is 24.3 Å². The highest BCUT2D eigenvalue weighted by Gasteiger charge is 2.19. The zero-order valence-electron chi connectivity index (χ0n) is 11.8. The molecule has 0 spiro atoms. The third-order valence-electron chi connectivity index (χ3n) is 3.38. The molecular formula is C14H22N2O3S. The van der Waals surface area contributed by atoms with E-state index >= 15 is 0 Å². The molecule has 0 amide bonds. The minimum absolute atomic E-state index is 0.0282. The SMILES string of the molecule is CNCc1ccc(CS(=O)(=O)NCC2CCOC2)cc1. The normalized spacial score (nSPS) is 19.4. The molecule has 1 aromatic rings. The Balaban J connectivity index is 1.86. The van der Waals surface area contributed by atoms with Gasteiger partial charge in [0.2, 0.25) is 10.0 Å². The maximum atomic E-state index is 12.0. The molecule has 6 heteroatoms. The lowest BCUT2D eigenvalue weighted by Gasteiger charge is -2.10. The largest absolute Gasteiger partial charge is 0.381 e. The van der Waals surface area contributed by atoms with Gasteiger partial charge >= 0.3 is 0 Å². The molecule has 0 aliphatic carbocycles. The van der Waals surface area contributed by atoms with Gasteiger partial charge in [0, 0.05) is 19.7 Å². The summed E-state index contributed by atoms with van der Waals surface area (Å²) in [7, 11) is -1.38. The molecule has 1 aliphatic rings. The van der Waals surface area contributed by atoms with E-state index in [2.05, 4.69) is 10.0 Å². The van der Waals surface area contributed by atoms with Crippen LogP contribution in [-0.4, -0.2) is 35.2 Å². The van der Waals surface area contributed by atoms with Crippen LogP contribution in [0.25, 0.3) is 0 Å². The van der Waals surface area contributed by atoms with Crippen LogP contribution in [0, 0.1) is 5.92 Å². The standard InChI is InChI=1S/C14H22N2O3S/c1-15-8-12-2-4-13(5-3-12)11-20(17,18)16-9-14-6-7-19-10-14/h2-5,14-16H,6-11H2,1H3. The first kappa shape index (κ1) is 15.4. The van der Waals surface area contributed by atoms with Gasteiger partial charge in [0.1, 0.15) is 0 Å². The molecule has 0 radical (unpaired) electrons. The van der Waals surface area contributed by atoms with E-state index in [0.29, 0.717) is 19.1 Å². The highest BCUT2D eigenvalue weighted by Crippen LogP contribution is 2.12. The number of nitrogens with one attached hydrogen (secondary N) is 2. The Bertz CT molecular complexity index is 508. The number of ether oxygens (including phenoxy) is 1. The molecule has 5 nitrogen and oxygen atoms in total. The second kappa shape index (κ2) is 7.17. The third kappa shape index (κ3) is 4.86. The van der Waals surface area contributed by atoms with E-state index in [1.807, 2.05) is 31.3 Å². The molecule has 2 N–H and O–H groups in total. The van der Waals surface area contributed by atoms with E-state index in [4.69, 9.17) is 4.74 Å². The molecule has 2 rings (SSSR count). The number of hydrogen-bond donors (Lipinski definition) is 2. The first-order chi connectivity index (χ1) is 9.59. The Morgan fingerprint density at radius 1 is 1.25 bits per heavy atom. The van der Waals surface area contributed by atoms with Crippen molar-refractivity contribution in [3.05, 3.63) is 35.4 Å². The highest BCUT2D eigenvalue weighted by molar-refractivity contribution is 7.88. The van der Waals surface area contributed by atoms with Crippen molar-refractivity contribution in [1.82, 2.24) is 10.0 Å². The van der Waals surface area contributed by atoms with Crippen molar-refractivity contribution in [2.45, 2.75) is 18.7 Å². The first-order valence-electron chi connectivity index (χ1n) is 6.86. The second-order valence-electron chi connectivity index (χ2n) is 5.18. The van der Waals surface area contributed by atoms with Crippen molar-refractivity contribution < 1.29 is 13.2 Å². The molecular weight excluding hydrogens is 276 g/mol. The Hall–Kier alpha value is -0.950. The van der Waals surface area contributed by atoms with Crippen LogP contribution in [-0.2, 0) is 27.1 Å². The summed E-state index contributed by atoms with van der Waals surface area (Å²) in [6.45, 7) is 2.65. The molecule has 1 saturated heterocycles. The molecule has 1 aromatic carbocycles. The summed E-state index contributed by atoms with van der Waals surface area (Å²) in [5, 5.41) is 3.06. The fourth-order valence-electron chi connectivity index (χ4n) is 2.22. The topological polar surface area (TPSA) is 67.4 Å². The van der Waals surface area contributed by atoms with Crippen LogP contribution >= 0.6 is 0 Å². The van der Waals surface area contributed by atoms with Crippen LogP contribution in [0.4, 0.5) is 0 Å². The van der Waals surface area contributed by atoms with Crippen molar-refractivity contribution >= 4 is 10.0 Å². The zero-order chi connectivity index (χ0) is 14.4. The van der Waals surface area contributed by atoms with Gasteiger partial charge in [-0.25, -0.2) is 13.1 Å². The summed E-state index contributed by atoms with van der Waals surface area (Å²) in [4.78, 5) is 0. The molecule has 20 heavy (non-hydrogen) atoms. The van der Waals surface area contributed by atoms with Crippen LogP contribution in [0.15, 0.2) is 24.3 Å². The van der Waals surface area contributed by atoms with Crippen molar-refractivity contribution in [3.8, 4) is 0 Å². The van der Waals surface area contributed by atoms with Crippen molar-refractivity contribution in [2.75, 3.05) is 26.8 Å². The highest BCUT2D eigenvalue weighted by atomic mass is 32.2. The Labute approximate surface area is 120 Å². The predicted octanol–water partition coefficient (Wildman–Crippen LogP) is 0.862. The average molecular weight is 298 g/mol. The number of sulfonamides is 1. The van der Waals surface area contributed by atoms with Crippen LogP contribution in [0.5, 0.6) is 0 Å². The average Bonchev–Trinajstić information content (AvgIpc) is 2.92. The number of rotatable bonds is 7. The van der Waals surface area contributed by atoms with Gasteiger partial charge in [-0.15, -0.1) is 0 Å². The van der Waals surface area contributed by atoms with Crippen molar-refractivity contribution in [2.24, 2.45) is 5.92 Å². The fourth-order valence-corrected chi connectivity index (χ4v) is 3.44. The van der Waals surface area contributed by atoms with Crippen LogP contribution < -0.4 is 10.0 Å². The summed E-state index contributed by atoms with van der Waals surface area (Å²) in [6.07, 6.45) is 0.932.